The maximum atomic E-state index is 14.2. The first-order valence-corrected chi connectivity index (χ1v) is 10.5. The summed E-state index contributed by atoms with van der Waals surface area (Å²) in [6.45, 7) is 5.59. The molecule has 0 aliphatic heterocycles. The van der Waals surface area contributed by atoms with E-state index in [1.165, 1.54) is 18.2 Å². The number of para-hydroxylation sites is 1. The molecule has 8 heteroatoms. The van der Waals surface area contributed by atoms with Crippen molar-refractivity contribution < 1.29 is 22.3 Å². The van der Waals surface area contributed by atoms with Crippen LogP contribution >= 0.6 is 0 Å². The number of halogens is 1. The third-order valence-corrected chi connectivity index (χ3v) is 5.08. The Kier molecular flexibility index (Phi) is 7.17. The van der Waals surface area contributed by atoms with Crippen molar-refractivity contribution in [1.29, 1.82) is 0 Å². The van der Waals surface area contributed by atoms with E-state index in [0.29, 0.717) is 18.0 Å². The molecule has 0 fully saturated rings. The Morgan fingerprint density at radius 3 is 2.43 bits per heavy atom. The van der Waals surface area contributed by atoms with E-state index in [-0.39, 0.29) is 12.1 Å². The zero-order valence-electron chi connectivity index (χ0n) is 15.8. The SMILES string of the molecule is C=CCOc1ccc(NC(=O)C(CC)N(c2ccccc2F)S(C)(=O)=O)cc1. The highest BCUT2D eigenvalue weighted by Crippen LogP contribution is 2.26. The first-order valence-electron chi connectivity index (χ1n) is 8.66. The van der Waals surface area contributed by atoms with E-state index in [1.54, 1.807) is 37.3 Å². The molecule has 6 nitrogen and oxygen atoms in total. The summed E-state index contributed by atoms with van der Waals surface area (Å²) in [5.41, 5.74) is 0.302. The molecule has 0 saturated carbocycles. The molecule has 1 unspecified atom stereocenters. The Balaban J connectivity index is 2.27. The second-order valence-electron chi connectivity index (χ2n) is 6.05. The third-order valence-electron chi connectivity index (χ3n) is 3.91. The summed E-state index contributed by atoms with van der Waals surface area (Å²) in [5, 5.41) is 2.67. The Morgan fingerprint density at radius 1 is 1.25 bits per heavy atom. The summed E-state index contributed by atoms with van der Waals surface area (Å²) < 4.78 is 45.1. The molecule has 0 bridgehead atoms. The second-order valence-corrected chi connectivity index (χ2v) is 7.91. The van der Waals surface area contributed by atoms with Crippen molar-refractivity contribution in [2.75, 3.05) is 22.5 Å². The molecule has 2 aromatic rings. The average molecular weight is 406 g/mol. The normalized spacial score (nSPS) is 12.1. The summed E-state index contributed by atoms with van der Waals surface area (Å²) >= 11 is 0. The van der Waals surface area contributed by atoms with Crippen LogP contribution in [0.15, 0.2) is 61.2 Å². The van der Waals surface area contributed by atoms with Gasteiger partial charge in [0.1, 0.15) is 24.2 Å². The number of sulfonamides is 1. The molecule has 2 rings (SSSR count). The molecule has 150 valence electrons. The lowest BCUT2D eigenvalue weighted by Gasteiger charge is -2.30. The fraction of sp³-hybridized carbons (Fsp3) is 0.250. The highest BCUT2D eigenvalue weighted by atomic mass is 32.2. The van der Waals surface area contributed by atoms with Crippen LogP contribution in [0.25, 0.3) is 0 Å². The van der Waals surface area contributed by atoms with Gasteiger partial charge in [-0.3, -0.25) is 9.10 Å². The average Bonchev–Trinajstić information content (AvgIpc) is 2.65. The van der Waals surface area contributed by atoms with Crippen LogP contribution in [0.5, 0.6) is 5.75 Å². The predicted molar refractivity (Wildman–Crippen MR) is 109 cm³/mol. The van der Waals surface area contributed by atoms with Gasteiger partial charge in [-0.05, 0) is 42.8 Å². The van der Waals surface area contributed by atoms with Gasteiger partial charge in [-0.1, -0.05) is 31.7 Å². The topological polar surface area (TPSA) is 75.7 Å². The number of hydrogen-bond acceptors (Lipinski definition) is 4. The fourth-order valence-corrected chi connectivity index (χ4v) is 3.89. The first kappa shape index (κ1) is 21.4. The number of carbonyl (C=O) groups is 1. The number of amides is 1. The van der Waals surface area contributed by atoms with Crippen LogP contribution in [0.1, 0.15) is 13.3 Å². The van der Waals surface area contributed by atoms with E-state index < -0.39 is 27.8 Å². The van der Waals surface area contributed by atoms with Crippen LogP contribution in [0.2, 0.25) is 0 Å². The summed E-state index contributed by atoms with van der Waals surface area (Å²) in [5.74, 6) is -0.673. The maximum Gasteiger partial charge on any atom is 0.248 e. The Bertz CT molecular complexity index is 929. The van der Waals surface area contributed by atoms with Crippen LogP contribution in [0.3, 0.4) is 0 Å². The van der Waals surface area contributed by atoms with Crippen molar-refractivity contribution in [3.63, 3.8) is 0 Å². The van der Waals surface area contributed by atoms with Crippen LogP contribution in [-0.4, -0.2) is 33.2 Å². The lowest BCUT2D eigenvalue weighted by molar-refractivity contribution is -0.117. The summed E-state index contributed by atoms with van der Waals surface area (Å²) in [6.07, 6.45) is 2.72. The van der Waals surface area contributed by atoms with Gasteiger partial charge in [0.15, 0.2) is 0 Å². The number of hydrogen-bond donors (Lipinski definition) is 1. The summed E-state index contributed by atoms with van der Waals surface area (Å²) in [4.78, 5) is 12.8. The van der Waals surface area contributed by atoms with Crippen molar-refractivity contribution in [2.45, 2.75) is 19.4 Å². The van der Waals surface area contributed by atoms with Gasteiger partial charge in [0.25, 0.3) is 0 Å². The van der Waals surface area contributed by atoms with Crippen molar-refractivity contribution in [3.8, 4) is 5.75 Å². The predicted octanol–water partition coefficient (Wildman–Crippen LogP) is 3.57. The van der Waals surface area contributed by atoms with Gasteiger partial charge < -0.3 is 10.1 Å². The smallest absolute Gasteiger partial charge is 0.248 e. The van der Waals surface area contributed by atoms with Gasteiger partial charge in [0.2, 0.25) is 15.9 Å². The number of anilines is 2. The molecule has 1 amide bonds. The maximum absolute atomic E-state index is 14.2. The van der Waals surface area contributed by atoms with Crippen LogP contribution < -0.4 is 14.4 Å². The minimum atomic E-state index is -3.90. The van der Waals surface area contributed by atoms with Gasteiger partial charge in [-0.25, -0.2) is 12.8 Å². The van der Waals surface area contributed by atoms with Crippen LogP contribution in [0.4, 0.5) is 15.8 Å². The van der Waals surface area contributed by atoms with E-state index in [9.17, 15) is 17.6 Å². The van der Waals surface area contributed by atoms with E-state index in [1.807, 2.05) is 0 Å². The molecule has 0 aliphatic carbocycles. The molecule has 0 aliphatic rings. The Hall–Kier alpha value is -2.87. The van der Waals surface area contributed by atoms with E-state index >= 15 is 0 Å². The number of nitrogens with one attached hydrogen (secondary N) is 1. The highest BCUT2D eigenvalue weighted by Gasteiger charge is 2.33. The fourth-order valence-electron chi connectivity index (χ4n) is 2.68. The third kappa shape index (κ3) is 5.32. The minimum Gasteiger partial charge on any atom is -0.490 e. The van der Waals surface area contributed by atoms with E-state index in [0.717, 1.165) is 16.6 Å². The lowest BCUT2D eigenvalue weighted by Crippen LogP contribution is -2.47. The van der Waals surface area contributed by atoms with Gasteiger partial charge >= 0.3 is 0 Å². The van der Waals surface area contributed by atoms with Crippen LogP contribution in [-0.2, 0) is 14.8 Å². The number of nitrogens with zero attached hydrogens (tertiary/aromatic N) is 1. The van der Waals surface area contributed by atoms with Gasteiger partial charge in [0.05, 0.1) is 11.9 Å². The highest BCUT2D eigenvalue weighted by molar-refractivity contribution is 7.92. The molecule has 28 heavy (non-hydrogen) atoms. The molecular weight excluding hydrogens is 383 g/mol. The number of carbonyl (C=O) groups excluding carboxylic acids is 1. The quantitative estimate of drug-likeness (QED) is 0.646. The van der Waals surface area contributed by atoms with E-state index in [2.05, 4.69) is 11.9 Å². The minimum absolute atomic E-state index is 0.160. The van der Waals surface area contributed by atoms with Crippen LogP contribution in [0, 0.1) is 5.82 Å². The van der Waals surface area contributed by atoms with Gasteiger partial charge in [0, 0.05) is 5.69 Å². The molecule has 0 saturated heterocycles. The zero-order valence-corrected chi connectivity index (χ0v) is 16.6. The molecule has 0 radical (unpaired) electrons. The Labute approximate surface area is 164 Å². The lowest BCUT2D eigenvalue weighted by atomic mass is 10.1. The molecule has 0 heterocycles. The van der Waals surface area contributed by atoms with Crippen molar-refractivity contribution in [2.24, 2.45) is 0 Å². The Morgan fingerprint density at radius 2 is 1.89 bits per heavy atom. The van der Waals surface area contributed by atoms with Gasteiger partial charge in [-0.15, -0.1) is 0 Å². The number of benzene rings is 2. The van der Waals surface area contributed by atoms with E-state index in [4.69, 9.17) is 4.74 Å². The first-order chi connectivity index (χ1) is 13.3. The molecule has 1 atom stereocenters. The molecule has 0 spiro atoms. The molecule has 2 aromatic carbocycles. The second kappa shape index (κ2) is 9.36. The van der Waals surface area contributed by atoms with Crippen molar-refractivity contribution in [1.82, 2.24) is 0 Å². The number of rotatable bonds is 9. The largest absolute Gasteiger partial charge is 0.490 e. The molecule has 1 N–H and O–H groups in total. The van der Waals surface area contributed by atoms with Crippen molar-refractivity contribution >= 4 is 27.3 Å². The number of ether oxygens (including phenoxy) is 1. The zero-order chi connectivity index (χ0) is 20.7. The summed E-state index contributed by atoms with van der Waals surface area (Å²) in [7, 11) is -3.90. The standard InChI is InChI=1S/C20H23FN2O4S/c1-4-14-27-16-12-10-15(11-13-16)22-20(24)18(5-2)23(28(3,25)26)19-9-7-6-8-17(19)21/h4,6-13,18H,1,5,14H2,2-3H3,(H,22,24). The van der Waals surface area contributed by atoms with Gasteiger partial charge in [-0.2, -0.15) is 0 Å². The molecule has 0 aromatic heterocycles. The van der Waals surface area contributed by atoms with Crippen molar-refractivity contribution in [3.05, 3.63) is 67.0 Å². The molecular formula is C20H23FN2O4S. The monoisotopic (exact) mass is 406 g/mol. The summed E-state index contributed by atoms with van der Waals surface area (Å²) in [6, 6.07) is 11.0.